The average Bonchev–Trinajstić information content (AvgIpc) is 2.69. The smallest absolute Gasteiger partial charge is 0.227 e. The molecule has 1 atom stereocenters. The number of pyridine rings is 1. The number of carbonyl (C=O) groups is 1. The molecule has 0 aliphatic rings. The Hall–Kier alpha value is -3.08. The van der Waals surface area contributed by atoms with Gasteiger partial charge in [-0.15, -0.1) is 0 Å². The van der Waals surface area contributed by atoms with E-state index in [9.17, 15) is 13.6 Å². The molecule has 0 bridgehead atoms. The van der Waals surface area contributed by atoms with E-state index in [0.29, 0.717) is 19.4 Å². The largest absolute Gasteiger partial charge is 0.355 e. The molecule has 0 aliphatic heterocycles. The molecule has 1 N–H and O–H groups in total. The molecule has 1 aromatic heterocycles. The van der Waals surface area contributed by atoms with Crippen LogP contribution >= 0.6 is 0 Å². The van der Waals surface area contributed by atoms with Gasteiger partial charge in [-0.3, -0.25) is 9.78 Å². The van der Waals surface area contributed by atoms with Gasteiger partial charge in [-0.1, -0.05) is 30.3 Å². The molecular formula is C22H20F2N2O. The summed E-state index contributed by atoms with van der Waals surface area (Å²) in [5, 5.41) is 2.92. The quantitative estimate of drug-likeness (QED) is 0.686. The van der Waals surface area contributed by atoms with Crippen LogP contribution in [-0.2, 0) is 17.6 Å². The number of rotatable bonds is 7. The second-order valence-corrected chi connectivity index (χ2v) is 6.30. The highest BCUT2D eigenvalue weighted by atomic mass is 19.1. The minimum absolute atomic E-state index is 0.144. The Labute approximate surface area is 157 Å². The van der Waals surface area contributed by atoms with Gasteiger partial charge in [0.15, 0.2) is 0 Å². The van der Waals surface area contributed by atoms with Crippen LogP contribution in [-0.4, -0.2) is 17.4 Å². The number of aromatic nitrogens is 1. The van der Waals surface area contributed by atoms with E-state index in [4.69, 9.17) is 0 Å². The second kappa shape index (κ2) is 9.03. The van der Waals surface area contributed by atoms with Gasteiger partial charge in [0.1, 0.15) is 11.6 Å². The third-order valence-corrected chi connectivity index (χ3v) is 4.35. The first-order valence-electron chi connectivity index (χ1n) is 8.79. The van der Waals surface area contributed by atoms with E-state index in [1.807, 2.05) is 18.2 Å². The molecule has 0 fully saturated rings. The molecule has 3 aromatic rings. The average molecular weight is 366 g/mol. The van der Waals surface area contributed by atoms with Crippen LogP contribution in [0.4, 0.5) is 8.78 Å². The number of amides is 1. The monoisotopic (exact) mass is 366 g/mol. The second-order valence-electron chi connectivity index (χ2n) is 6.30. The van der Waals surface area contributed by atoms with Gasteiger partial charge in [0.25, 0.3) is 0 Å². The van der Waals surface area contributed by atoms with Crippen molar-refractivity contribution in [3.05, 3.63) is 101 Å². The van der Waals surface area contributed by atoms with Crippen LogP contribution in [0.3, 0.4) is 0 Å². The Bertz CT molecular complexity index is 865. The molecule has 138 valence electrons. The molecular weight excluding hydrogens is 346 g/mol. The number of halogens is 2. The predicted molar refractivity (Wildman–Crippen MR) is 100 cm³/mol. The van der Waals surface area contributed by atoms with Gasteiger partial charge in [0.2, 0.25) is 5.91 Å². The standard InChI is InChI=1S/C22H20F2N2O/c23-18-8-4-16(5-9-18)12-14-26-22(27)21(15-20-3-1-2-13-25-20)17-6-10-19(24)11-7-17/h1-11,13,21H,12,14-15H2,(H,26,27). The third-order valence-electron chi connectivity index (χ3n) is 4.35. The van der Waals surface area contributed by atoms with Crippen molar-refractivity contribution in [2.24, 2.45) is 0 Å². The van der Waals surface area contributed by atoms with E-state index in [2.05, 4.69) is 10.3 Å². The summed E-state index contributed by atoms with van der Waals surface area (Å²) in [5.41, 5.74) is 2.47. The summed E-state index contributed by atoms with van der Waals surface area (Å²) in [5.74, 6) is -1.23. The lowest BCUT2D eigenvalue weighted by atomic mass is 9.93. The number of hydrogen-bond acceptors (Lipinski definition) is 2. The normalized spacial score (nSPS) is 11.8. The lowest BCUT2D eigenvalue weighted by Gasteiger charge is -2.17. The van der Waals surface area contributed by atoms with E-state index in [1.54, 1.807) is 30.5 Å². The maximum atomic E-state index is 13.3. The van der Waals surface area contributed by atoms with E-state index < -0.39 is 5.92 Å². The van der Waals surface area contributed by atoms with Crippen molar-refractivity contribution < 1.29 is 13.6 Å². The molecule has 0 spiro atoms. The van der Waals surface area contributed by atoms with E-state index in [-0.39, 0.29) is 17.5 Å². The highest BCUT2D eigenvalue weighted by Crippen LogP contribution is 2.21. The molecule has 1 heterocycles. The van der Waals surface area contributed by atoms with Crippen LogP contribution in [0, 0.1) is 11.6 Å². The molecule has 0 saturated heterocycles. The van der Waals surface area contributed by atoms with Crippen molar-refractivity contribution in [1.82, 2.24) is 10.3 Å². The zero-order valence-electron chi connectivity index (χ0n) is 14.7. The van der Waals surface area contributed by atoms with Gasteiger partial charge < -0.3 is 5.32 Å². The fourth-order valence-electron chi connectivity index (χ4n) is 2.89. The zero-order valence-corrected chi connectivity index (χ0v) is 14.7. The third kappa shape index (κ3) is 5.45. The summed E-state index contributed by atoms with van der Waals surface area (Å²) >= 11 is 0. The highest BCUT2D eigenvalue weighted by Gasteiger charge is 2.21. The summed E-state index contributed by atoms with van der Waals surface area (Å²) in [6, 6.07) is 17.7. The Morgan fingerprint density at radius 3 is 2.22 bits per heavy atom. The minimum atomic E-state index is -0.464. The molecule has 0 aliphatic carbocycles. The summed E-state index contributed by atoms with van der Waals surface area (Å²) in [4.78, 5) is 17.1. The maximum Gasteiger partial charge on any atom is 0.227 e. The first-order chi connectivity index (χ1) is 13.1. The lowest BCUT2D eigenvalue weighted by Crippen LogP contribution is -2.32. The lowest BCUT2D eigenvalue weighted by molar-refractivity contribution is -0.122. The number of carbonyl (C=O) groups excluding carboxylic acids is 1. The van der Waals surface area contributed by atoms with Gasteiger partial charge in [0, 0.05) is 24.9 Å². The number of nitrogens with one attached hydrogen (secondary N) is 1. The van der Waals surface area contributed by atoms with Crippen molar-refractivity contribution in [3.63, 3.8) is 0 Å². The first-order valence-corrected chi connectivity index (χ1v) is 8.79. The molecule has 2 aromatic carbocycles. The van der Waals surface area contributed by atoms with Gasteiger partial charge in [-0.2, -0.15) is 0 Å². The fourth-order valence-corrected chi connectivity index (χ4v) is 2.89. The van der Waals surface area contributed by atoms with Gasteiger partial charge in [-0.05, 0) is 53.9 Å². The highest BCUT2D eigenvalue weighted by molar-refractivity contribution is 5.83. The topological polar surface area (TPSA) is 42.0 Å². The molecule has 27 heavy (non-hydrogen) atoms. The molecule has 0 radical (unpaired) electrons. The van der Waals surface area contributed by atoms with Crippen molar-refractivity contribution >= 4 is 5.91 Å². The Kier molecular flexibility index (Phi) is 6.26. The molecule has 5 heteroatoms. The number of nitrogens with zero attached hydrogens (tertiary/aromatic N) is 1. The summed E-state index contributed by atoms with van der Waals surface area (Å²) in [7, 11) is 0. The molecule has 1 amide bonds. The van der Waals surface area contributed by atoms with Crippen LogP contribution in [0.1, 0.15) is 22.7 Å². The predicted octanol–water partition coefficient (Wildman–Crippen LogP) is 4.05. The number of hydrogen-bond donors (Lipinski definition) is 1. The van der Waals surface area contributed by atoms with Crippen molar-refractivity contribution in [2.75, 3.05) is 6.54 Å². The molecule has 1 unspecified atom stereocenters. The minimum Gasteiger partial charge on any atom is -0.355 e. The van der Waals surface area contributed by atoms with Crippen molar-refractivity contribution in [3.8, 4) is 0 Å². The van der Waals surface area contributed by atoms with E-state index in [1.165, 1.54) is 24.3 Å². The van der Waals surface area contributed by atoms with Gasteiger partial charge in [0.05, 0.1) is 5.92 Å². The summed E-state index contributed by atoms with van der Waals surface area (Å²) < 4.78 is 26.2. The van der Waals surface area contributed by atoms with Gasteiger partial charge in [-0.25, -0.2) is 8.78 Å². The Balaban J connectivity index is 1.68. The Morgan fingerprint density at radius 2 is 1.59 bits per heavy atom. The molecule has 0 saturated carbocycles. The SMILES string of the molecule is O=C(NCCc1ccc(F)cc1)C(Cc1ccccn1)c1ccc(F)cc1. The van der Waals surface area contributed by atoms with Crippen molar-refractivity contribution in [1.29, 1.82) is 0 Å². The number of benzene rings is 2. The molecule has 3 nitrogen and oxygen atoms in total. The Morgan fingerprint density at radius 1 is 0.926 bits per heavy atom. The van der Waals surface area contributed by atoms with E-state index in [0.717, 1.165) is 16.8 Å². The fraction of sp³-hybridized carbons (Fsp3) is 0.182. The van der Waals surface area contributed by atoms with Crippen LogP contribution < -0.4 is 5.32 Å². The van der Waals surface area contributed by atoms with Crippen LogP contribution in [0.15, 0.2) is 72.9 Å². The van der Waals surface area contributed by atoms with E-state index >= 15 is 0 Å². The maximum absolute atomic E-state index is 13.3. The van der Waals surface area contributed by atoms with Crippen LogP contribution in [0.2, 0.25) is 0 Å². The zero-order chi connectivity index (χ0) is 19.1. The first kappa shape index (κ1) is 18.7. The van der Waals surface area contributed by atoms with Crippen LogP contribution in [0.25, 0.3) is 0 Å². The summed E-state index contributed by atoms with van der Waals surface area (Å²) in [6.07, 6.45) is 2.71. The van der Waals surface area contributed by atoms with Gasteiger partial charge >= 0.3 is 0 Å². The van der Waals surface area contributed by atoms with Crippen molar-refractivity contribution in [2.45, 2.75) is 18.8 Å². The van der Waals surface area contributed by atoms with Crippen LogP contribution in [0.5, 0.6) is 0 Å². The summed E-state index contributed by atoms with van der Waals surface area (Å²) in [6.45, 7) is 0.435. The molecule has 3 rings (SSSR count).